The molecule has 2 rings (SSSR count). The number of rotatable bonds is 2. The molecule has 18 heavy (non-hydrogen) atoms. The molecule has 0 atom stereocenters. The zero-order valence-corrected chi connectivity index (χ0v) is 10.2. The average Bonchev–Trinajstić information content (AvgIpc) is 2.81. The van der Waals surface area contributed by atoms with Crippen molar-refractivity contribution in [1.82, 2.24) is 9.80 Å². The minimum atomic E-state index is -0.118. The van der Waals surface area contributed by atoms with Crippen LogP contribution in [0.15, 0.2) is 35.5 Å². The first-order valence-electron chi connectivity index (χ1n) is 5.96. The molecular formula is C13H16N2O3. The van der Waals surface area contributed by atoms with Gasteiger partial charge in [0.15, 0.2) is 5.76 Å². The fourth-order valence-electron chi connectivity index (χ4n) is 2.03. The number of hydrogen-bond acceptors (Lipinski definition) is 3. The molecule has 1 fully saturated rings. The molecule has 0 unspecified atom stereocenters. The topological polar surface area (TPSA) is 53.8 Å². The van der Waals surface area contributed by atoms with Crippen molar-refractivity contribution in [2.45, 2.75) is 6.42 Å². The molecule has 1 saturated heterocycles. The smallest absolute Gasteiger partial charge is 0.289 e. The van der Waals surface area contributed by atoms with Crippen molar-refractivity contribution in [3.63, 3.8) is 0 Å². The molecule has 0 aliphatic carbocycles. The number of furan rings is 1. The lowest BCUT2D eigenvalue weighted by molar-refractivity contribution is -0.125. The van der Waals surface area contributed by atoms with Crippen LogP contribution in [0, 0.1) is 0 Å². The van der Waals surface area contributed by atoms with Crippen LogP contribution in [-0.4, -0.2) is 47.8 Å². The molecular weight excluding hydrogens is 232 g/mol. The van der Waals surface area contributed by atoms with Gasteiger partial charge in [-0.25, -0.2) is 0 Å². The summed E-state index contributed by atoms with van der Waals surface area (Å²) in [6, 6.07) is 3.35. The van der Waals surface area contributed by atoms with Crippen LogP contribution in [0.25, 0.3) is 0 Å². The lowest BCUT2D eigenvalue weighted by Gasteiger charge is -2.20. The van der Waals surface area contributed by atoms with E-state index in [0.717, 1.165) is 6.42 Å². The van der Waals surface area contributed by atoms with Gasteiger partial charge in [-0.3, -0.25) is 9.59 Å². The molecule has 5 heteroatoms. The number of amides is 2. The van der Waals surface area contributed by atoms with Gasteiger partial charge in [-0.1, -0.05) is 6.58 Å². The van der Waals surface area contributed by atoms with E-state index < -0.39 is 0 Å². The first-order chi connectivity index (χ1) is 8.72. The molecule has 0 radical (unpaired) electrons. The normalized spacial score (nSPS) is 16.2. The van der Waals surface area contributed by atoms with E-state index >= 15 is 0 Å². The Morgan fingerprint density at radius 2 is 1.94 bits per heavy atom. The van der Waals surface area contributed by atoms with Crippen LogP contribution in [0.3, 0.4) is 0 Å². The van der Waals surface area contributed by atoms with Gasteiger partial charge < -0.3 is 14.2 Å². The van der Waals surface area contributed by atoms with Gasteiger partial charge in [-0.05, 0) is 24.6 Å². The van der Waals surface area contributed by atoms with E-state index in [1.165, 1.54) is 12.3 Å². The van der Waals surface area contributed by atoms with E-state index in [0.29, 0.717) is 31.9 Å². The van der Waals surface area contributed by atoms with E-state index in [1.54, 1.807) is 21.9 Å². The quantitative estimate of drug-likeness (QED) is 0.737. The molecule has 0 saturated carbocycles. The molecule has 0 bridgehead atoms. The van der Waals surface area contributed by atoms with E-state index in [2.05, 4.69) is 6.58 Å². The van der Waals surface area contributed by atoms with E-state index in [9.17, 15) is 9.59 Å². The minimum absolute atomic E-state index is 0.0812. The molecule has 96 valence electrons. The number of nitrogens with zero attached hydrogens (tertiary/aromatic N) is 2. The lowest BCUT2D eigenvalue weighted by Crippen LogP contribution is -2.36. The van der Waals surface area contributed by atoms with Crippen LogP contribution in [0.2, 0.25) is 0 Å². The Morgan fingerprint density at radius 3 is 2.61 bits per heavy atom. The summed E-state index contributed by atoms with van der Waals surface area (Å²) in [5.74, 6) is 0.147. The molecule has 2 amide bonds. The van der Waals surface area contributed by atoms with Crippen molar-refractivity contribution < 1.29 is 14.0 Å². The highest BCUT2D eigenvalue weighted by Gasteiger charge is 2.22. The van der Waals surface area contributed by atoms with Crippen LogP contribution in [-0.2, 0) is 4.79 Å². The number of carbonyl (C=O) groups excluding carboxylic acids is 2. The Balaban J connectivity index is 1.99. The minimum Gasteiger partial charge on any atom is -0.459 e. The van der Waals surface area contributed by atoms with Crippen LogP contribution < -0.4 is 0 Å². The van der Waals surface area contributed by atoms with Crippen molar-refractivity contribution in [3.05, 3.63) is 36.8 Å². The number of carbonyl (C=O) groups is 2. The second kappa shape index (κ2) is 5.53. The molecule has 0 N–H and O–H groups in total. The molecule has 5 nitrogen and oxygen atoms in total. The summed E-state index contributed by atoms with van der Waals surface area (Å²) >= 11 is 0. The Morgan fingerprint density at radius 1 is 1.22 bits per heavy atom. The third kappa shape index (κ3) is 2.61. The SMILES string of the molecule is C=CC(=O)N1CCCN(C(=O)c2ccco2)CC1. The Bertz CT molecular complexity index is 439. The summed E-state index contributed by atoms with van der Waals surface area (Å²) in [6.07, 6.45) is 3.56. The van der Waals surface area contributed by atoms with Gasteiger partial charge in [0.1, 0.15) is 0 Å². The molecule has 0 spiro atoms. The predicted octanol–water partition coefficient (Wildman–Crippen LogP) is 1.14. The third-order valence-corrected chi connectivity index (χ3v) is 3.00. The van der Waals surface area contributed by atoms with Gasteiger partial charge in [0, 0.05) is 26.2 Å². The van der Waals surface area contributed by atoms with Crippen LogP contribution in [0.5, 0.6) is 0 Å². The fraction of sp³-hybridized carbons (Fsp3) is 0.385. The molecule has 0 aromatic carbocycles. The average molecular weight is 248 g/mol. The second-order valence-corrected chi connectivity index (χ2v) is 4.15. The standard InChI is InChI=1S/C13H16N2O3/c1-2-12(16)14-6-4-7-15(9-8-14)13(17)11-5-3-10-18-11/h2-3,5,10H,1,4,6-9H2. The summed E-state index contributed by atoms with van der Waals surface area (Å²) in [7, 11) is 0. The summed E-state index contributed by atoms with van der Waals surface area (Å²) in [4.78, 5) is 27.0. The highest BCUT2D eigenvalue weighted by Crippen LogP contribution is 2.10. The van der Waals surface area contributed by atoms with Crippen LogP contribution >= 0.6 is 0 Å². The summed E-state index contributed by atoms with van der Waals surface area (Å²) in [6.45, 7) is 5.84. The molecule has 1 aliphatic heterocycles. The highest BCUT2D eigenvalue weighted by molar-refractivity contribution is 5.91. The van der Waals surface area contributed by atoms with E-state index in [-0.39, 0.29) is 11.8 Å². The molecule has 1 aromatic heterocycles. The highest BCUT2D eigenvalue weighted by atomic mass is 16.3. The first kappa shape index (κ1) is 12.4. The summed E-state index contributed by atoms with van der Waals surface area (Å²) < 4.78 is 5.10. The van der Waals surface area contributed by atoms with E-state index in [1.807, 2.05) is 0 Å². The Labute approximate surface area is 106 Å². The Hall–Kier alpha value is -2.04. The second-order valence-electron chi connectivity index (χ2n) is 4.15. The van der Waals surface area contributed by atoms with Gasteiger partial charge in [-0.2, -0.15) is 0 Å². The van der Waals surface area contributed by atoms with Gasteiger partial charge in [0.2, 0.25) is 5.91 Å². The lowest BCUT2D eigenvalue weighted by atomic mass is 10.3. The van der Waals surface area contributed by atoms with Crippen molar-refractivity contribution >= 4 is 11.8 Å². The van der Waals surface area contributed by atoms with Gasteiger partial charge in [0.05, 0.1) is 6.26 Å². The number of hydrogen-bond donors (Lipinski definition) is 0. The zero-order chi connectivity index (χ0) is 13.0. The molecule has 2 heterocycles. The summed E-state index contributed by atoms with van der Waals surface area (Å²) in [5, 5.41) is 0. The monoisotopic (exact) mass is 248 g/mol. The van der Waals surface area contributed by atoms with Crippen LogP contribution in [0.1, 0.15) is 17.0 Å². The largest absolute Gasteiger partial charge is 0.459 e. The fourth-order valence-corrected chi connectivity index (χ4v) is 2.03. The van der Waals surface area contributed by atoms with E-state index in [4.69, 9.17) is 4.42 Å². The maximum atomic E-state index is 12.1. The van der Waals surface area contributed by atoms with Crippen molar-refractivity contribution in [2.24, 2.45) is 0 Å². The first-order valence-corrected chi connectivity index (χ1v) is 5.96. The molecule has 1 aliphatic rings. The van der Waals surface area contributed by atoms with Gasteiger partial charge in [-0.15, -0.1) is 0 Å². The summed E-state index contributed by atoms with van der Waals surface area (Å²) in [5.41, 5.74) is 0. The molecule has 1 aromatic rings. The van der Waals surface area contributed by atoms with Crippen molar-refractivity contribution in [2.75, 3.05) is 26.2 Å². The van der Waals surface area contributed by atoms with Crippen molar-refractivity contribution in [1.29, 1.82) is 0 Å². The van der Waals surface area contributed by atoms with Crippen molar-refractivity contribution in [3.8, 4) is 0 Å². The third-order valence-electron chi connectivity index (χ3n) is 3.00. The maximum absolute atomic E-state index is 12.1. The zero-order valence-electron chi connectivity index (χ0n) is 10.2. The van der Waals surface area contributed by atoms with Crippen LogP contribution in [0.4, 0.5) is 0 Å². The predicted molar refractivity (Wildman–Crippen MR) is 66.0 cm³/mol. The maximum Gasteiger partial charge on any atom is 0.289 e. The Kier molecular flexibility index (Phi) is 3.82. The van der Waals surface area contributed by atoms with Gasteiger partial charge in [0.25, 0.3) is 5.91 Å². The van der Waals surface area contributed by atoms with Gasteiger partial charge >= 0.3 is 0 Å².